The molecule has 96 valence electrons. The minimum atomic E-state index is -4.53. The highest BCUT2D eigenvalue weighted by molar-refractivity contribution is 6.44. The summed E-state index contributed by atoms with van der Waals surface area (Å²) in [6, 6.07) is 5.22. The van der Waals surface area contributed by atoms with E-state index >= 15 is 0 Å². The van der Waals surface area contributed by atoms with Gasteiger partial charge < -0.3 is 0 Å². The predicted octanol–water partition coefficient (Wildman–Crippen LogP) is 5.38. The fourth-order valence-electron chi connectivity index (χ4n) is 1.48. The molecule has 0 spiro atoms. The SMILES string of the molecule is FC(F)(F)c1cc(Cl)c2cc(C(Cl)Cl)ccc2n1. The largest absolute Gasteiger partial charge is 0.433 e. The Labute approximate surface area is 115 Å². The predicted molar refractivity (Wildman–Crippen MR) is 66.2 cm³/mol. The maximum Gasteiger partial charge on any atom is 0.433 e. The fraction of sp³-hybridized carbons (Fsp3) is 0.182. The van der Waals surface area contributed by atoms with E-state index in [1.807, 2.05) is 0 Å². The molecule has 2 rings (SSSR count). The molecule has 1 aromatic heterocycles. The van der Waals surface area contributed by atoms with Gasteiger partial charge in [0, 0.05) is 5.39 Å². The summed E-state index contributed by atoms with van der Waals surface area (Å²) in [7, 11) is 0. The summed E-state index contributed by atoms with van der Waals surface area (Å²) in [5.41, 5.74) is -0.331. The number of benzene rings is 1. The molecule has 0 saturated heterocycles. The number of hydrogen-bond donors (Lipinski definition) is 0. The molecule has 0 atom stereocenters. The maximum absolute atomic E-state index is 12.5. The average molecular weight is 315 g/mol. The first-order valence-corrected chi connectivity index (χ1v) is 5.99. The zero-order chi connectivity index (χ0) is 13.5. The van der Waals surface area contributed by atoms with Crippen molar-refractivity contribution in [3.63, 3.8) is 0 Å². The lowest BCUT2D eigenvalue weighted by molar-refractivity contribution is -0.140. The lowest BCUT2D eigenvalue weighted by Crippen LogP contribution is -2.08. The van der Waals surface area contributed by atoms with Crippen LogP contribution in [0, 0.1) is 0 Å². The van der Waals surface area contributed by atoms with Crippen LogP contribution in [0.15, 0.2) is 24.3 Å². The van der Waals surface area contributed by atoms with Crippen LogP contribution < -0.4 is 0 Å². The van der Waals surface area contributed by atoms with E-state index in [0.29, 0.717) is 10.9 Å². The van der Waals surface area contributed by atoms with Crippen LogP contribution in [-0.2, 0) is 6.18 Å². The van der Waals surface area contributed by atoms with E-state index in [0.717, 1.165) is 6.07 Å². The summed E-state index contributed by atoms with van der Waals surface area (Å²) < 4.78 is 37.6. The van der Waals surface area contributed by atoms with E-state index in [1.54, 1.807) is 0 Å². The van der Waals surface area contributed by atoms with Crippen LogP contribution in [0.1, 0.15) is 16.1 Å². The van der Waals surface area contributed by atoms with Gasteiger partial charge in [-0.25, -0.2) is 4.98 Å². The number of fused-ring (bicyclic) bond motifs is 1. The molecule has 0 unspecified atom stereocenters. The van der Waals surface area contributed by atoms with Crippen molar-refractivity contribution in [2.24, 2.45) is 0 Å². The molecule has 0 aliphatic rings. The third kappa shape index (κ3) is 2.66. The Morgan fingerprint density at radius 3 is 2.33 bits per heavy atom. The molecule has 0 bridgehead atoms. The van der Waals surface area contributed by atoms with Crippen LogP contribution in [-0.4, -0.2) is 4.98 Å². The minimum absolute atomic E-state index is 0.0387. The van der Waals surface area contributed by atoms with Crippen molar-refractivity contribution >= 4 is 45.7 Å². The molecule has 1 nitrogen and oxygen atoms in total. The van der Waals surface area contributed by atoms with Crippen molar-refractivity contribution < 1.29 is 13.2 Å². The molecular weight excluding hydrogens is 309 g/mol. The smallest absolute Gasteiger partial charge is 0.243 e. The molecule has 18 heavy (non-hydrogen) atoms. The molecule has 7 heteroatoms. The lowest BCUT2D eigenvalue weighted by Gasteiger charge is -2.10. The molecule has 0 radical (unpaired) electrons. The van der Waals surface area contributed by atoms with Crippen molar-refractivity contribution in [2.45, 2.75) is 11.0 Å². The van der Waals surface area contributed by atoms with Gasteiger partial charge >= 0.3 is 6.18 Å². The van der Waals surface area contributed by atoms with Crippen LogP contribution >= 0.6 is 34.8 Å². The van der Waals surface area contributed by atoms with Gasteiger partial charge in [0.1, 0.15) is 10.5 Å². The summed E-state index contributed by atoms with van der Waals surface area (Å²) in [4.78, 5) is 2.74. The van der Waals surface area contributed by atoms with Gasteiger partial charge in [-0.3, -0.25) is 0 Å². The third-order valence-electron chi connectivity index (χ3n) is 2.32. The van der Waals surface area contributed by atoms with Crippen molar-refractivity contribution in [3.05, 3.63) is 40.5 Å². The van der Waals surface area contributed by atoms with Crippen molar-refractivity contribution in [1.82, 2.24) is 4.98 Å². The summed E-state index contributed by atoms with van der Waals surface area (Å²) in [6.45, 7) is 0. The Morgan fingerprint density at radius 1 is 1.11 bits per heavy atom. The van der Waals surface area contributed by atoms with Gasteiger partial charge in [0.05, 0.1) is 10.5 Å². The maximum atomic E-state index is 12.5. The number of nitrogens with zero attached hydrogens (tertiary/aromatic N) is 1. The number of rotatable bonds is 1. The first kappa shape index (κ1) is 13.7. The van der Waals surface area contributed by atoms with Crippen molar-refractivity contribution in [1.29, 1.82) is 0 Å². The zero-order valence-corrected chi connectivity index (χ0v) is 10.9. The number of pyridine rings is 1. The topological polar surface area (TPSA) is 12.9 Å². The van der Waals surface area contributed by atoms with Gasteiger partial charge in [-0.05, 0) is 23.8 Å². The Balaban J connectivity index is 2.66. The normalized spacial score (nSPS) is 12.4. The molecule has 0 amide bonds. The Hall–Kier alpha value is -0.710. The molecule has 2 aromatic rings. The summed E-state index contributed by atoms with van der Waals surface area (Å²) in [6.07, 6.45) is -4.53. The molecule has 1 heterocycles. The molecule has 0 saturated carbocycles. The van der Waals surface area contributed by atoms with E-state index in [1.165, 1.54) is 18.2 Å². The fourth-order valence-corrected chi connectivity index (χ4v) is 2.01. The molecule has 0 fully saturated rings. The molecular formula is C11H5Cl3F3N. The number of hydrogen-bond acceptors (Lipinski definition) is 1. The molecule has 0 N–H and O–H groups in total. The third-order valence-corrected chi connectivity index (χ3v) is 3.14. The minimum Gasteiger partial charge on any atom is -0.243 e. The van der Waals surface area contributed by atoms with Crippen LogP contribution in [0.5, 0.6) is 0 Å². The lowest BCUT2D eigenvalue weighted by atomic mass is 10.1. The highest BCUT2D eigenvalue weighted by Gasteiger charge is 2.33. The number of halogens is 6. The summed E-state index contributed by atoms with van der Waals surface area (Å²) in [5.74, 6) is 0. The number of alkyl halides is 5. The van der Waals surface area contributed by atoms with Crippen molar-refractivity contribution in [2.75, 3.05) is 0 Å². The van der Waals surface area contributed by atoms with Gasteiger partial charge in [0.2, 0.25) is 0 Å². The first-order chi connectivity index (χ1) is 8.29. The summed E-state index contributed by atoms with van der Waals surface area (Å²) in [5, 5.41) is 0.344. The van der Waals surface area contributed by atoms with E-state index in [4.69, 9.17) is 34.8 Å². The highest BCUT2D eigenvalue weighted by Crippen LogP contribution is 2.34. The standard InChI is InChI=1S/C11H5Cl3F3N/c12-7-4-9(11(15,16)17)18-8-2-1-5(10(13)14)3-6(7)8/h1-4,10H. The Morgan fingerprint density at radius 2 is 1.78 bits per heavy atom. The van der Waals surface area contributed by atoms with E-state index < -0.39 is 16.7 Å². The van der Waals surface area contributed by atoms with Gasteiger partial charge in [0.25, 0.3) is 0 Å². The molecule has 0 aliphatic carbocycles. The van der Waals surface area contributed by atoms with Crippen LogP contribution in [0.3, 0.4) is 0 Å². The monoisotopic (exact) mass is 313 g/mol. The molecule has 0 aliphatic heterocycles. The Bertz CT molecular complexity index is 596. The number of aromatic nitrogens is 1. The van der Waals surface area contributed by atoms with Crippen LogP contribution in [0.2, 0.25) is 5.02 Å². The quantitative estimate of drug-likeness (QED) is 0.644. The van der Waals surface area contributed by atoms with Crippen molar-refractivity contribution in [3.8, 4) is 0 Å². The van der Waals surface area contributed by atoms with Crippen LogP contribution in [0.4, 0.5) is 13.2 Å². The first-order valence-electron chi connectivity index (χ1n) is 4.74. The summed E-state index contributed by atoms with van der Waals surface area (Å²) >= 11 is 17.2. The highest BCUT2D eigenvalue weighted by atomic mass is 35.5. The Kier molecular flexibility index (Phi) is 3.63. The molecule has 1 aromatic carbocycles. The second-order valence-electron chi connectivity index (χ2n) is 3.56. The van der Waals surface area contributed by atoms with E-state index in [-0.39, 0.29) is 10.5 Å². The average Bonchev–Trinajstić information content (AvgIpc) is 2.27. The van der Waals surface area contributed by atoms with Gasteiger partial charge in [-0.1, -0.05) is 17.7 Å². The van der Waals surface area contributed by atoms with Gasteiger partial charge in [-0.2, -0.15) is 13.2 Å². The van der Waals surface area contributed by atoms with E-state index in [9.17, 15) is 13.2 Å². The van der Waals surface area contributed by atoms with Gasteiger partial charge in [0.15, 0.2) is 0 Å². The van der Waals surface area contributed by atoms with Crippen LogP contribution in [0.25, 0.3) is 10.9 Å². The zero-order valence-electron chi connectivity index (χ0n) is 8.60. The van der Waals surface area contributed by atoms with E-state index in [2.05, 4.69) is 4.98 Å². The second-order valence-corrected chi connectivity index (χ2v) is 5.07. The van der Waals surface area contributed by atoms with Gasteiger partial charge in [-0.15, -0.1) is 23.2 Å². The second kappa shape index (κ2) is 4.76.